The van der Waals surface area contributed by atoms with Crippen LogP contribution < -0.4 is 14.9 Å². The topological polar surface area (TPSA) is 59.9 Å². The van der Waals surface area contributed by atoms with Crippen molar-refractivity contribution in [3.8, 4) is 23.8 Å². The molecule has 0 aliphatic heterocycles. The van der Waals surface area contributed by atoms with Crippen LogP contribution in [0, 0.1) is 19.3 Å². The van der Waals surface area contributed by atoms with Gasteiger partial charge >= 0.3 is 0 Å². The van der Waals surface area contributed by atoms with Gasteiger partial charge < -0.3 is 9.47 Å². The van der Waals surface area contributed by atoms with Crippen molar-refractivity contribution in [1.82, 2.24) is 5.43 Å². The number of hydrogen-bond acceptors (Lipinski definition) is 4. The van der Waals surface area contributed by atoms with Gasteiger partial charge in [-0.3, -0.25) is 4.79 Å². The minimum absolute atomic E-state index is 0.167. The first kappa shape index (κ1) is 18.1. The van der Waals surface area contributed by atoms with Gasteiger partial charge in [-0.2, -0.15) is 5.10 Å². The third-order valence-electron chi connectivity index (χ3n) is 3.35. The molecule has 0 heterocycles. The highest BCUT2D eigenvalue weighted by Gasteiger charge is 2.07. The van der Waals surface area contributed by atoms with Crippen LogP contribution in [-0.2, 0) is 0 Å². The van der Waals surface area contributed by atoms with E-state index >= 15 is 0 Å². The van der Waals surface area contributed by atoms with E-state index in [-0.39, 0.29) is 12.5 Å². The summed E-state index contributed by atoms with van der Waals surface area (Å²) in [4.78, 5) is 12.1. The molecule has 1 N–H and O–H groups in total. The molecule has 0 unspecified atom stereocenters. The summed E-state index contributed by atoms with van der Waals surface area (Å²) in [5, 5.41) is 4.00. The van der Waals surface area contributed by atoms with Gasteiger partial charge in [0.2, 0.25) is 0 Å². The lowest BCUT2D eigenvalue weighted by Crippen LogP contribution is -2.18. The predicted octanol–water partition coefficient (Wildman–Crippen LogP) is 3.17. The Labute approximate surface area is 147 Å². The SMILES string of the molecule is C#CCOc1ccc(/C=N/NC(=O)c2ccccc2C)cc1OCC. The lowest BCUT2D eigenvalue weighted by molar-refractivity contribution is 0.0954. The van der Waals surface area contributed by atoms with E-state index in [0.717, 1.165) is 11.1 Å². The van der Waals surface area contributed by atoms with Crippen LogP contribution in [0.1, 0.15) is 28.4 Å². The van der Waals surface area contributed by atoms with Crippen LogP contribution in [0.2, 0.25) is 0 Å². The lowest BCUT2D eigenvalue weighted by atomic mass is 10.1. The molecular weight excluding hydrogens is 316 g/mol. The van der Waals surface area contributed by atoms with Crippen molar-refractivity contribution >= 4 is 12.1 Å². The van der Waals surface area contributed by atoms with Gasteiger partial charge in [0, 0.05) is 5.56 Å². The number of carbonyl (C=O) groups is 1. The van der Waals surface area contributed by atoms with E-state index in [1.165, 1.54) is 0 Å². The molecule has 0 radical (unpaired) electrons. The van der Waals surface area contributed by atoms with Crippen LogP contribution in [0.4, 0.5) is 0 Å². The van der Waals surface area contributed by atoms with Gasteiger partial charge in [-0.25, -0.2) is 5.43 Å². The average molecular weight is 336 g/mol. The Bertz CT molecular complexity index is 807. The number of terminal acetylenes is 1. The average Bonchev–Trinajstić information content (AvgIpc) is 2.61. The fourth-order valence-corrected chi connectivity index (χ4v) is 2.17. The normalized spacial score (nSPS) is 10.3. The zero-order chi connectivity index (χ0) is 18.1. The molecule has 0 bridgehead atoms. The quantitative estimate of drug-likeness (QED) is 0.480. The molecule has 0 saturated carbocycles. The summed E-state index contributed by atoms with van der Waals surface area (Å²) >= 11 is 0. The Morgan fingerprint density at radius 3 is 2.76 bits per heavy atom. The van der Waals surface area contributed by atoms with Crippen molar-refractivity contribution in [2.75, 3.05) is 13.2 Å². The highest BCUT2D eigenvalue weighted by atomic mass is 16.5. The second-order valence-corrected chi connectivity index (χ2v) is 5.15. The third-order valence-corrected chi connectivity index (χ3v) is 3.35. The molecule has 2 aromatic rings. The maximum atomic E-state index is 12.1. The van der Waals surface area contributed by atoms with Crippen molar-refractivity contribution in [1.29, 1.82) is 0 Å². The van der Waals surface area contributed by atoms with Crippen molar-refractivity contribution in [3.05, 3.63) is 59.2 Å². The molecule has 2 aromatic carbocycles. The van der Waals surface area contributed by atoms with Crippen LogP contribution in [0.25, 0.3) is 0 Å². The summed E-state index contributed by atoms with van der Waals surface area (Å²) in [5.74, 6) is 3.31. The molecule has 0 saturated heterocycles. The summed E-state index contributed by atoms with van der Waals surface area (Å²) in [6.45, 7) is 4.42. The van der Waals surface area contributed by atoms with Crippen molar-refractivity contribution in [2.45, 2.75) is 13.8 Å². The summed E-state index contributed by atoms with van der Waals surface area (Å²) in [7, 11) is 0. The number of ether oxygens (including phenoxy) is 2. The summed E-state index contributed by atoms with van der Waals surface area (Å²) in [6, 6.07) is 12.7. The molecule has 0 spiro atoms. The minimum atomic E-state index is -0.256. The Kier molecular flexibility index (Phi) is 6.61. The summed E-state index contributed by atoms with van der Waals surface area (Å²) < 4.78 is 11.0. The molecule has 0 aliphatic carbocycles. The van der Waals surface area contributed by atoms with E-state index < -0.39 is 0 Å². The van der Waals surface area contributed by atoms with E-state index in [0.29, 0.717) is 23.7 Å². The van der Waals surface area contributed by atoms with Crippen molar-refractivity contribution in [3.63, 3.8) is 0 Å². The molecule has 0 fully saturated rings. The van der Waals surface area contributed by atoms with Gasteiger partial charge in [0.1, 0.15) is 6.61 Å². The molecular formula is C20H20N2O3. The first-order valence-electron chi connectivity index (χ1n) is 7.87. The zero-order valence-corrected chi connectivity index (χ0v) is 14.3. The minimum Gasteiger partial charge on any atom is -0.490 e. The second-order valence-electron chi connectivity index (χ2n) is 5.15. The van der Waals surface area contributed by atoms with E-state index in [4.69, 9.17) is 15.9 Å². The van der Waals surface area contributed by atoms with Gasteiger partial charge in [0.15, 0.2) is 11.5 Å². The number of nitrogens with one attached hydrogen (secondary N) is 1. The molecule has 2 rings (SSSR count). The molecule has 0 aliphatic rings. The van der Waals surface area contributed by atoms with Gasteiger partial charge in [-0.15, -0.1) is 6.42 Å². The third kappa shape index (κ3) is 5.11. The number of nitrogens with zero attached hydrogens (tertiary/aromatic N) is 1. The monoisotopic (exact) mass is 336 g/mol. The molecule has 5 heteroatoms. The van der Waals surface area contributed by atoms with Gasteiger partial charge in [0.25, 0.3) is 5.91 Å². The van der Waals surface area contributed by atoms with Gasteiger partial charge in [-0.1, -0.05) is 24.1 Å². The largest absolute Gasteiger partial charge is 0.490 e. The lowest BCUT2D eigenvalue weighted by Gasteiger charge is -2.10. The maximum absolute atomic E-state index is 12.1. The molecule has 0 aromatic heterocycles. The predicted molar refractivity (Wildman–Crippen MR) is 98.2 cm³/mol. The first-order chi connectivity index (χ1) is 12.2. The number of amides is 1. The number of hydrazone groups is 1. The van der Waals surface area contributed by atoms with Crippen molar-refractivity contribution in [2.24, 2.45) is 5.10 Å². The summed E-state index contributed by atoms with van der Waals surface area (Å²) in [5.41, 5.74) is 4.77. The van der Waals surface area contributed by atoms with Crippen LogP contribution in [0.3, 0.4) is 0 Å². The fraction of sp³-hybridized carbons (Fsp3) is 0.200. The van der Waals surface area contributed by atoms with Crippen LogP contribution in [-0.4, -0.2) is 25.3 Å². The first-order valence-corrected chi connectivity index (χ1v) is 7.87. The van der Waals surface area contributed by atoms with E-state index in [1.807, 2.05) is 32.0 Å². The number of benzene rings is 2. The molecule has 128 valence electrons. The Hall–Kier alpha value is -3.26. The second kappa shape index (κ2) is 9.14. The Balaban J connectivity index is 2.07. The number of aryl methyl sites for hydroxylation is 1. The molecule has 0 atom stereocenters. The van der Waals surface area contributed by atoms with E-state index in [1.54, 1.807) is 30.5 Å². The van der Waals surface area contributed by atoms with E-state index in [9.17, 15) is 4.79 Å². The summed E-state index contributed by atoms with van der Waals surface area (Å²) in [6.07, 6.45) is 6.75. The zero-order valence-electron chi connectivity index (χ0n) is 14.3. The standard InChI is InChI=1S/C20H20N2O3/c1-4-12-25-18-11-10-16(13-19(18)24-5-2)14-21-22-20(23)17-9-7-6-8-15(17)3/h1,6-11,13-14H,5,12H2,2-3H3,(H,22,23)/b21-14+. The van der Waals surface area contributed by atoms with Gasteiger partial charge in [0.05, 0.1) is 12.8 Å². The maximum Gasteiger partial charge on any atom is 0.271 e. The molecule has 5 nitrogen and oxygen atoms in total. The number of hydrogen-bond donors (Lipinski definition) is 1. The highest BCUT2D eigenvalue weighted by Crippen LogP contribution is 2.27. The Morgan fingerprint density at radius 1 is 1.24 bits per heavy atom. The van der Waals surface area contributed by atoms with Gasteiger partial charge in [-0.05, 0) is 49.2 Å². The van der Waals surface area contributed by atoms with Crippen molar-refractivity contribution < 1.29 is 14.3 Å². The van der Waals surface area contributed by atoms with Crippen LogP contribution in [0.5, 0.6) is 11.5 Å². The molecule has 25 heavy (non-hydrogen) atoms. The van der Waals surface area contributed by atoms with E-state index in [2.05, 4.69) is 16.4 Å². The van der Waals surface area contributed by atoms with Crippen LogP contribution in [0.15, 0.2) is 47.6 Å². The number of rotatable bonds is 7. The number of carbonyl (C=O) groups excluding carboxylic acids is 1. The smallest absolute Gasteiger partial charge is 0.271 e. The Morgan fingerprint density at radius 2 is 2.04 bits per heavy atom. The molecule has 1 amide bonds. The van der Waals surface area contributed by atoms with Crippen LogP contribution >= 0.6 is 0 Å². The fourth-order valence-electron chi connectivity index (χ4n) is 2.17. The highest BCUT2D eigenvalue weighted by molar-refractivity contribution is 5.96.